The van der Waals surface area contributed by atoms with E-state index in [2.05, 4.69) is 15.4 Å². The Morgan fingerprint density at radius 2 is 1.67 bits per heavy atom. The number of nitrogens with one attached hydrogen (secondary N) is 2. The van der Waals surface area contributed by atoms with Gasteiger partial charge in [0, 0.05) is 10.7 Å². The number of benzene rings is 3. The van der Waals surface area contributed by atoms with Crippen molar-refractivity contribution < 1.29 is 14.2 Å². The number of halogens is 1. The number of hydrogen-bond acceptors (Lipinski definition) is 4. The van der Waals surface area contributed by atoms with Gasteiger partial charge in [-0.2, -0.15) is 5.10 Å². The second-order valence-electron chi connectivity index (χ2n) is 6.26. The highest BCUT2D eigenvalue weighted by molar-refractivity contribution is 7.99. The van der Waals surface area contributed by atoms with Gasteiger partial charge in [-0.25, -0.2) is 0 Å². The van der Waals surface area contributed by atoms with Crippen LogP contribution in [0.4, 0.5) is 5.69 Å². The first-order valence-electron chi connectivity index (χ1n) is 9.14. The Labute approximate surface area is 182 Å². The number of nitrogens with zero attached hydrogens (tertiary/aromatic N) is 2. The van der Waals surface area contributed by atoms with Crippen molar-refractivity contribution in [2.45, 2.75) is 5.16 Å². The van der Waals surface area contributed by atoms with E-state index < -0.39 is 0 Å². The van der Waals surface area contributed by atoms with Crippen molar-refractivity contribution in [2.24, 2.45) is 0 Å². The second kappa shape index (κ2) is 9.47. The quantitative estimate of drug-likeness (QED) is 0.320. The minimum Gasteiger partial charge on any atom is -0.457 e. The van der Waals surface area contributed by atoms with Crippen LogP contribution in [0.3, 0.4) is 0 Å². The zero-order chi connectivity index (χ0) is 20.8. The Morgan fingerprint density at radius 1 is 1.00 bits per heavy atom. The number of carbonyl (C=O) groups excluding carboxylic acids is 1. The summed E-state index contributed by atoms with van der Waals surface area (Å²) in [5.74, 6) is 1.48. The summed E-state index contributed by atoms with van der Waals surface area (Å²) >= 11 is 7.23. The molecule has 8 heteroatoms. The van der Waals surface area contributed by atoms with Crippen LogP contribution in [-0.4, -0.2) is 21.7 Å². The number of amides is 1. The van der Waals surface area contributed by atoms with Crippen LogP contribution in [-0.2, 0) is 4.79 Å². The van der Waals surface area contributed by atoms with Crippen LogP contribution in [0, 0.1) is 0 Å². The minimum atomic E-state index is -0.117. The number of ether oxygens (including phenoxy) is 1. The second-order valence-corrected chi connectivity index (χ2v) is 7.64. The normalized spacial score (nSPS) is 10.6. The molecule has 0 bridgehead atoms. The number of thioether (sulfide) groups is 1. The molecule has 0 spiro atoms. The molecule has 0 atom stereocenters. The van der Waals surface area contributed by atoms with E-state index in [0.717, 1.165) is 5.69 Å². The molecule has 1 heterocycles. The Morgan fingerprint density at radius 3 is 2.37 bits per heavy atom. The van der Waals surface area contributed by atoms with Gasteiger partial charge in [0.25, 0.3) is 0 Å². The highest BCUT2D eigenvalue weighted by atomic mass is 35.5. The lowest BCUT2D eigenvalue weighted by Gasteiger charge is -2.08. The van der Waals surface area contributed by atoms with Crippen LogP contribution in [0.25, 0.3) is 5.69 Å². The largest absolute Gasteiger partial charge is 0.457 e. The van der Waals surface area contributed by atoms with E-state index in [9.17, 15) is 4.79 Å². The van der Waals surface area contributed by atoms with Crippen molar-refractivity contribution >= 4 is 35.0 Å². The zero-order valence-corrected chi connectivity index (χ0v) is 17.4. The number of rotatable bonds is 7. The van der Waals surface area contributed by atoms with Crippen molar-refractivity contribution in [1.29, 1.82) is 0 Å². The fraction of sp³-hybridized carbons (Fsp3) is 0.0455. The molecule has 0 radical (unpaired) electrons. The first kappa shape index (κ1) is 20.0. The van der Waals surface area contributed by atoms with Crippen molar-refractivity contribution in [3.63, 3.8) is 0 Å². The Balaban J connectivity index is 1.31. The molecule has 0 aliphatic rings. The third kappa shape index (κ3) is 5.20. The van der Waals surface area contributed by atoms with Crippen LogP contribution in [0.15, 0.2) is 90.3 Å². The van der Waals surface area contributed by atoms with Gasteiger partial charge in [0.1, 0.15) is 11.5 Å². The van der Waals surface area contributed by atoms with Gasteiger partial charge in [-0.3, -0.25) is 4.79 Å². The fourth-order valence-corrected chi connectivity index (χ4v) is 3.56. The molecule has 2 N–H and O–H groups in total. The standard InChI is InChI=1S/C22H17ClN4O2S/c23-16-6-10-19(11-7-16)29-20-12-8-17(9-13-20)26-21(28)14-30-22-24-15-25-27(22)18-4-2-1-3-5-18/h1-13,15H,14H2,(H,26,28)/p+1. The third-order valence-corrected chi connectivity index (χ3v) is 5.29. The van der Waals surface area contributed by atoms with Gasteiger partial charge < -0.3 is 10.1 Å². The van der Waals surface area contributed by atoms with Crippen molar-refractivity contribution in [3.8, 4) is 17.2 Å². The predicted molar refractivity (Wildman–Crippen MR) is 117 cm³/mol. The molecular formula is C22H18ClN4O2S+. The molecule has 0 saturated heterocycles. The Bertz CT molecular complexity index is 1120. The molecule has 0 aliphatic heterocycles. The average molecular weight is 438 g/mol. The molecule has 0 saturated carbocycles. The van der Waals surface area contributed by atoms with Crippen LogP contribution in [0.1, 0.15) is 0 Å². The highest BCUT2D eigenvalue weighted by Crippen LogP contribution is 2.24. The van der Waals surface area contributed by atoms with Crippen molar-refractivity contribution in [3.05, 3.63) is 90.2 Å². The summed E-state index contributed by atoms with van der Waals surface area (Å²) in [6.45, 7) is 0. The van der Waals surface area contributed by atoms with Crippen LogP contribution in [0.2, 0.25) is 5.02 Å². The van der Waals surface area contributed by atoms with E-state index in [1.165, 1.54) is 11.8 Å². The summed E-state index contributed by atoms with van der Waals surface area (Å²) in [6, 6.07) is 24.1. The number of aromatic amines is 1. The highest BCUT2D eigenvalue weighted by Gasteiger charge is 2.18. The van der Waals surface area contributed by atoms with Gasteiger partial charge in [-0.1, -0.05) is 29.8 Å². The maximum Gasteiger partial charge on any atom is 0.385 e. The van der Waals surface area contributed by atoms with Gasteiger partial charge in [0.05, 0.1) is 5.75 Å². The minimum absolute atomic E-state index is 0.117. The van der Waals surface area contributed by atoms with Crippen LogP contribution in [0.5, 0.6) is 11.5 Å². The van der Waals surface area contributed by atoms with Gasteiger partial charge in [-0.05, 0) is 77.4 Å². The van der Waals surface area contributed by atoms with Gasteiger partial charge in [0.15, 0.2) is 5.69 Å². The van der Waals surface area contributed by atoms with Crippen molar-refractivity contribution in [1.82, 2.24) is 10.1 Å². The Kier molecular flexibility index (Phi) is 6.32. The lowest BCUT2D eigenvalue weighted by atomic mass is 10.3. The predicted octanol–water partition coefficient (Wildman–Crippen LogP) is 4.86. The molecule has 0 fully saturated rings. The third-order valence-electron chi connectivity index (χ3n) is 4.09. The SMILES string of the molecule is O=C(CSc1nc[nH][n+]1-c1ccccc1)Nc1ccc(Oc2ccc(Cl)cc2)cc1. The summed E-state index contributed by atoms with van der Waals surface area (Å²) in [6.07, 6.45) is 1.60. The lowest BCUT2D eigenvalue weighted by molar-refractivity contribution is -0.694. The first-order chi connectivity index (χ1) is 14.7. The monoisotopic (exact) mass is 437 g/mol. The summed E-state index contributed by atoms with van der Waals surface area (Å²) in [5, 5.41) is 7.30. The molecule has 30 heavy (non-hydrogen) atoms. The van der Waals surface area contributed by atoms with E-state index >= 15 is 0 Å². The average Bonchev–Trinajstić information content (AvgIpc) is 3.25. The van der Waals surface area contributed by atoms with E-state index in [4.69, 9.17) is 16.3 Å². The molecule has 0 unspecified atom stereocenters. The number of hydrogen-bond donors (Lipinski definition) is 2. The molecule has 150 valence electrons. The summed E-state index contributed by atoms with van der Waals surface area (Å²) in [7, 11) is 0. The van der Waals surface area contributed by atoms with Crippen molar-refractivity contribution in [2.75, 3.05) is 11.1 Å². The molecule has 3 aromatic carbocycles. The van der Waals surface area contributed by atoms with Gasteiger partial charge in [-0.15, -0.1) is 4.68 Å². The van der Waals surface area contributed by atoms with Crippen LogP contribution < -0.4 is 14.7 Å². The molecule has 4 aromatic rings. The van der Waals surface area contributed by atoms with E-state index in [-0.39, 0.29) is 11.7 Å². The number of para-hydroxylation sites is 1. The zero-order valence-electron chi connectivity index (χ0n) is 15.8. The summed E-state index contributed by atoms with van der Waals surface area (Å²) in [5.41, 5.74) is 1.65. The summed E-state index contributed by atoms with van der Waals surface area (Å²) < 4.78 is 7.59. The maximum atomic E-state index is 12.3. The molecule has 6 nitrogen and oxygen atoms in total. The molecule has 1 aromatic heterocycles. The number of carbonyl (C=O) groups is 1. The molecule has 1 amide bonds. The number of anilines is 1. The maximum absolute atomic E-state index is 12.3. The van der Waals surface area contributed by atoms with E-state index in [0.29, 0.717) is 27.4 Å². The summed E-state index contributed by atoms with van der Waals surface area (Å²) in [4.78, 5) is 16.6. The first-order valence-corrected chi connectivity index (χ1v) is 10.5. The number of H-pyrrole nitrogens is 1. The Hall–Kier alpha value is -3.29. The molecular weight excluding hydrogens is 420 g/mol. The lowest BCUT2D eigenvalue weighted by Crippen LogP contribution is -2.35. The van der Waals surface area contributed by atoms with Gasteiger partial charge >= 0.3 is 5.16 Å². The smallest absolute Gasteiger partial charge is 0.385 e. The fourth-order valence-electron chi connectivity index (χ4n) is 2.69. The topological polar surface area (TPSA) is 70.9 Å². The van der Waals surface area contributed by atoms with E-state index in [1.54, 1.807) is 54.9 Å². The van der Waals surface area contributed by atoms with Gasteiger partial charge in [0.2, 0.25) is 12.2 Å². The molecule has 4 rings (SSSR count). The number of aromatic nitrogens is 3. The van der Waals surface area contributed by atoms with E-state index in [1.807, 2.05) is 35.0 Å². The molecule has 0 aliphatic carbocycles. The van der Waals surface area contributed by atoms with Crippen LogP contribution >= 0.6 is 23.4 Å².